The first-order chi connectivity index (χ1) is 11.6. The van der Waals surface area contributed by atoms with E-state index in [1.165, 1.54) is 5.56 Å². The van der Waals surface area contributed by atoms with E-state index in [1.54, 1.807) is 4.68 Å². The summed E-state index contributed by atoms with van der Waals surface area (Å²) in [6, 6.07) is 6.27. The van der Waals surface area contributed by atoms with Gasteiger partial charge in [0.05, 0.1) is 26.0 Å². The van der Waals surface area contributed by atoms with Crippen LogP contribution in [0.1, 0.15) is 5.56 Å². The summed E-state index contributed by atoms with van der Waals surface area (Å²) in [5.74, 6) is 0. The molecule has 1 saturated heterocycles. The molecule has 6 nitrogen and oxygen atoms in total. The number of aryl methyl sites for hydroxylation is 2. The molecule has 3 heterocycles. The van der Waals surface area contributed by atoms with E-state index in [1.807, 2.05) is 17.8 Å². The van der Waals surface area contributed by atoms with Crippen molar-refractivity contribution < 1.29 is 4.74 Å². The van der Waals surface area contributed by atoms with E-state index >= 15 is 0 Å². The van der Waals surface area contributed by atoms with Crippen LogP contribution in [0.5, 0.6) is 0 Å². The van der Waals surface area contributed by atoms with E-state index in [0.29, 0.717) is 6.54 Å². The maximum Gasteiger partial charge on any atom is 0.291 e. The molecule has 0 radical (unpaired) electrons. The molecular formula is C18H22N4O2. The molecule has 0 amide bonds. The Kier molecular flexibility index (Phi) is 3.86. The van der Waals surface area contributed by atoms with Crippen molar-refractivity contribution in [2.45, 2.75) is 13.5 Å². The molecule has 0 N–H and O–H groups in total. The Morgan fingerprint density at radius 3 is 2.75 bits per heavy atom. The quantitative estimate of drug-likeness (QED) is 0.732. The van der Waals surface area contributed by atoms with E-state index in [4.69, 9.17) is 4.74 Å². The second-order valence-electron chi connectivity index (χ2n) is 6.47. The molecule has 0 saturated carbocycles. The van der Waals surface area contributed by atoms with Gasteiger partial charge in [-0.15, -0.1) is 0 Å². The van der Waals surface area contributed by atoms with Crippen molar-refractivity contribution in [3.05, 3.63) is 40.3 Å². The Labute approximate surface area is 140 Å². The average Bonchev–Trinajstić information content (AvgIpc) is 2.88. The van der Waals surface area contributed by atoms with Crippen molar-refractivity contribution in [1.29, 1.82) is 0 Å². The van der Waals surface area contributed by atoms with E-state index in [-0.39, 0.29) is 5.56 Å². The smallest absolute Gasteiger partial charge is 0.291 e. The van der Waals surface area contributed by atoms with Crippen molar-refractivity contribution in [2.75, 3.05) is 32.8 Å². The SMILES string of the molecule is Cc1ccc2c3cnn(CCN4CCOCC4)c(=O)c3n(C)c2c1. The van der Waals surface area contributed by atoms with Crippen LogP contribution in [0.4, 0.5) is 0 Å². The van der Waals surface area contributed by atoms with Crippen LogP contribution in [0, 0.1) is 6.92 Å². The Morgan fingerprint density at radius 1 is 1.17 bits per heavy atom. The summed E-state index contributed by atoms with van der Waals surface area (Å²) in [5, 5.41) is 6.43. The lowest BCUT2D eigenvalue weighted by Crippen LogP contribution is -2.39. The molecule has 6 heteroatoms. The lowest BCUT2D eigenvalue weighted by Gasteiger charge is -2.26. The van der Waals surface area contributed by atoms with Gasteiger partial charge in [0.25, 0.3) is 5.56 Å². The largest absolute Gasteiger partial charge is 0.379 e. The Bertz CT molecular complexity index is 951. The summed E-state index contributed by atoms with van der Waals surface area (Å²) in [6.07, 6.45) is 1.83. The fourth-order valence-corrected chi connectivity index (χ4v) is 3.49. The van der Waals surface area contributed by atoms with Gasteiger partial charge in [-0.3, -0.25) is 9.69 Å². The number of nitrogens with zero attached hydrogens (tertiary/aromatic N) is 4. The molecule has 1 aromatic carbocycles. The summed E-state index contributed by atoms with van der Waals surface area (Å²) in [4.78, 5) is 15.2. The monoisotopic (exact) mass is 326 g/mol. The number of hydrogen-bond acceptors (Lipinski definition) is 4. The lowest BCUT2D eigenvalue weighted by atomic mass is 10.1. The van der Waals surface area contributed by atoms with Gasteiger partial charge < -0.3 is 9.30 Å². The molecular weight excluding hydrogens is 304 g/mol. The molecule has 1 fully saturated rings. The van der Waals surface area contributed by atoms with Gasteiger partial charge in [0.1, 0.15) is 5.52 Å². The van der Waals surface area contributed by atoms with E-state index in [2.05, 4.69) is 35.1 Å². The van der Waals surface area contributed by atoms with Gasteiger partial charge in [-0.2, -0.15) is 5.10 Å². The van der Waals surface area contributed by atoms with E-state index < -0.39 is 0 Å². The van der Waals surface area contributed by atoms with Crippen molar-refractivity contribution in [2.24, 2.45) is 7.05 Å². The summed E-state index contributed by atoms with van der Waals surface area (Å²) in [6.45, 7) is 6.87. The van der Waals surface area contributed by atoms with Crippen molar-refractivity contribution in [1.82, 2.24) is 19.2 Å². The van der Waals surface area contributed by atoms with Crippen LogP contribution in [0.2, 0.25) is 0 Å². The zero-order valence-electron chi connectivity index (χ0n) is 14.2. The van der Waals surface area contributed by atoms with Gasteiger partial charge in [0, 0.05) is 43.0 Å². The number of ether oxygens (including phenoxy) is 1. The van der Waals surface area contributed by atoms with Gasteiger partial charge in [-0.1, -0.05) is 12.1 Å². The van der Waals surface area contributed by atoms with Gasteiger partial charge in [-0.05, 0) is 18.6 Å². The van der Waals surface area contributed by atoms with Crippen LogP contribution < -0.4 is 5.56 Å². The second kappa shape index (κ2) is 6.03. The van der Waals surface area contributed by atoms with Crippen LogP contribution in [-0.2, 0) is 18.3 Å². The summed E-state index contributed by atoms with van der Waals surface area (Å²) < 4.78 is 8.94. The zero-order chi connectivity index (χ0) is 16.7. The second-order valence-corrected chi connectivity index (χ2v) is 6.47. The minimum Gasteiger partial charge on any atom is -0.379 e. The number of hydrogen-bond donors (Lipinski definition) is 0. The predicted molar refractivity (Wildman–Crippen MR) is 94.5 cm³/mol. The molecule has 4 rings (SSSR count). The summed E-state index contributed by atoms with van der Waals surface area (Å²) in [7, 11) is 1.96. The van der Waals surface area contributed by atoms with Crippen molar-refractivity contribution in [3.63, 3.8) is 0 Å². The maximum atomic E-state index is 12.9. The molecule has 0 unspecified atom stereocenters. The Morgan fingerprint density at radius 2 is 1.96 bits per heavy atom. The molecule has 1 aliphatic rings. The van der Waals surface area contributed by atoms with Crippen LogP contribution in [-0.4, -0.2) is 52.1 Å². The maximum absolute atomic E-state index is 12.9. The number of benzene rings is 1. The first-order valence-corrected chi connectivity index (χ1v) is 8.40. The van der Waals surface area contributed by atoms with Gasteiger partial charge in [-0.25, -0.2) is 4.68 Å². The number of aromatic nitrogens is 3. The third-order valence-electron chi connectivity index (χ3n) is 4.89. The average molecular weight is 326 g/mol. The highest BCUT2D eigenvalue weighted by Crippen LogP contribution is 2.26. The minimum absolute atomic E-state index is 0.0166. The molecule has 0 spiro atoms. The molecule has 24 heavy (non-hydrogen) atoms. The summed E-state index contributed by atoms with van der Waals surface area (Å²) in [5.41, 5.74) is 2.98. The topological polar surface area (TPSA) is 52.3 Å². The first kappa shape index (κ1) is 15.4. The zero-order valence-corrected chi connectivity index (χ0v) is 14.2. The standard InChI is InChI=1S/C18H22N4O2/c1-13-3-4-14-15-12-19-22(6-5-21-7-9-24-10-8-21)18(23)17(15)20(2)16(14)11-13/h3-4,11-12H,5-10H2,1-2H3. The summed E-state index contributed by atoms with van der Waals surface area (Å²) >= 11 is 0. The number of rotatable bonds is 3. The molecule has 0 atom stereocenters. The lowest BCUT2D eigenvalue weighted by molar-refractivity contribution is 0.0358. The van der Waals surface area contributed by atoms with Crippen LogP contribution in [0.3, 0.4) is 0 Å². The van der Waals surface area contributed by atoms with E-state index in [9.17, 15) is 4.79 Å². The molecule has 126 valence electrons. The highest BCUT2D eigenvalue weighted by atomic mass is 16.5. The molecule has 1 aliphatic heterocycles. The van der Waals surface area contributed by atoms with Crippen molar-refractivity contribution in [3.8, 4) is 0 Å². The Balaban J connectivity index is 1.73. The molecule has 3 aromatic rings. The number of morpholine rings is 1. The third kappa shape index (κ3) is 2.52. The van der Waals surface area contributed by atoms with Crippen LogP contribution >= 0.6 is 0 Å². The van der Waals surface area contributed by atoms with E-state index in [0.717, 1.165) is 54.7 Å². The normalized spacial score (nSPS) is 16.2. The highest BCUT2D eigenvalue weighted by molar-refractivity contribution is 6.07. The van der Waals surface area contributed by atoms with Crippen LogP contribution in [0.15, 0.2) is 29.2 Å². The third-order valence-corrected chi connectivity index (χ3v) is 4.89. The van der Waals surface area contributed by atoms with Gasteiger partial charge in [0.2, 0.25) is 0 Å². The fraction of sp³-hybridized carbons (Fsp3) is 0.444. The molecule has 2 aromatic heterocycles. The minimum atomic E-state index is -0.0166. The van der Waals surface area contributed by atoms with Gasteiger partial charge in [0.15, 0.2) is 0 Å². The number of fused-ring (bicyclic) bond motifs is 3. The molecule has 0 aliphatic carbocycles. The fourth-order valence-electron chi connectivity index (χ4n) is 3.49. The highest BCUT2D eigenvalue weighted by Gasteiger charge is 2.15. The Hall–Kier alpha value is -2.18. The predicted octanol–water partition coefficient (Wildman–Crippen LogP) is 1.53. The van der Waals surface area contributed by atoms with Crippen LogP contribution in [0.25, 0.3) is 21.8 Å². The van der Waals surface area contributed by atoms with Crippen molar-refractivity contribution >= 4 is 21.8 Å². The first-order valence-electron chi connectivity index (χ1n) is 8.40. The van der Waals surface area contributed by atoms with Gasteiger partial charge >= 0.3 is 0 Å². The molecule has 0 bridgehead atoms.